The highest BCUT2D eigenvalue weighted by atomic mass is 15.5. The summed E-state index contributed by atoms with van der Waals surface area (Å²) in [6, 6.07) is 10.4. The summed E-state index contributed by atoms with van der Waals surface area (Å²) in [6.45, 7) is 4.31. The smallest absolute Gasteiger partial charge is 0.151 e. The Morgan fingerprint density at radius 3 is 2.40 bits per heavy atom. The Labute approximate surface area is 120 Å². The Balaban J connectivity index is 2.46. The van der Waals surface area contributed by atoms with Crippen LogP contribution in [0.3, 0.4) is 0 Å². The standard InChI is InChI=1S/C16H22N4/c1-3-5-11-16(13-17,12-6-4-2)20-15-10-8-7-9-14(15)18-19-20/h7-10H,3-6,11-12H2,1-2H3. The fourth-order valence-electron chi connectivity index (χ4n) is 2.62. The van der Waals surface area contributed by atoms with Gasteiger partial charge >= 0.3 is 0 Å². The molecule has 0 spiro atoms. The van der Waals surface area contributed by atoms with Crippen molar-refractivity contribution in [1.82, 2.24) is 15.0 Å². The van der Waals surface area contributed by atoms with Crippen LogP contribution >= 0.6 is 0 Å². The summed E-state index contributed by atoms with van der Waals surface area (Å²) in [5.74, 6) is 0. The third-order valence-corrected chi connectivity index (χ3v) is 3.85. The molecule has 0 bridgehead atoms. The van der Waals surface area contributed by atoms with E-state index in [0.717, 1.165) is 49.6 Å². The van der Waals surface area contributed by atoms with Crippen molar-refractivity contribution >= 4 is 11.0 Å². The molecule has 4 nitrogen and oxygen atoms in total. The topological polar surface area (TPSA) is 54.5 Å². The summed E-state index contributed by atoms with van der Waals surface area (Å²) >= 11 is 0. The van der Waals surface area contributed by atoms with Gasteiger partial charge in [-0.1, -0.05) is 56.9 Å². The maximum Gasteiger partial charge on any atom is 0.151 e. The highest BCUT2D eigenvalue weighted by molar-refractivity contribution is 5.74. The summed E-state index contributed by atoms with van der Waals surface area (Å²) < 4.78 is 1.85. The zero-order valence-electron chi connectivity index (χ0n) is 12.3. The van der Waals surface area contributed by atoms with E-state index in [0.29, 0.717) is 0 Å². The van der Waals surface area contributed by atoms with E-state index in [9.17, 15) is 5.26 Å². The summed E-state index contributed by atoms with van der Waals surface area (Å²) in [6.07, 6.45) is 5.92. The molecule has 0 aliphatic rings. The van der Waals surface area contributed by atoms with Crippen LogP contribution in [0.4, 0.5) is 0 Å². The molecule has 0 unspecified atom stereocenters. The van der Waals surface area contributed by atoms with E-state index in [1.165, 1.54) is 0 Å². The maximum atomic E-state index is 9.82. The average Bonchev–Trinajstić information content (AvgIpc) is 2.93. The monoisotopic (exact) mass is 270 g/mol. The van der Waals surface area contributed by atoms with Gasteiger partial charge in [0.1, 0.15) is 5.52 Å². The number of hydrogen-bond donors (Lipinski definition) is 0. The van der Waals surface area contributed by atoms with Gasteiger partial charge < -0.3 is 0 Å². The van der Waals surface area contributed by atoms with Gasteiger partial charge in [-0.05, 0) is 25.0 Å². The molecule has 0 radical (unpaired) electrons. The number of unbranched alkanes of at least 4 members (excludes halogenated alkanes) is 2. The molecular weight excluding hydrogens is 248 g/mol. The number of rotatable bonds is 7. The zero-order valence-corrected chi connectivity index (χ0v) is 12.3. The van der Waals surface area contributed by atoms with Crippen molar-refractivity contribution < 1.29 is 0 Å². The number of fused-ring (bicyclic) bond motifs is 1. The second-order valence-electron chi connectivity index (χ2n) is 5.34. The molecule has 1 aromatic heterocycles. The van der Waals surface area contributed by atoms with Crippen molar-refractivity contribution in [3.63, 3.8) is 0 Å². The highest BCUT2D eigenvalue weighted by Crippen LogP contribution is 2.31. The number of nitrogens with zero attached hydrogens (tertiary/aromatic N) is 4. The number of para-hydroxylation sites is 1. The van der Waals surface area contributed by atoms with Crippen LogP contribution in [0.25, 0.3) is 11.0 Å². The summed E-state index contributed by atoms with van der Waals surface area (Å²) in [5.41, 5.74) is 1.27. The first-order valence-electron chi connectivity index (χ1n) is 7.49. The Morgan fingerprint density at radius 1 is 1.15 bits per heavy atom. The van der Waals surface area contributed by atoms with E-state index >= 15 is 0 Å². The fraction of sp³-hybridized carbons (Fsp3) is 0.562. The van der Waals surface area contributed by atoms with Crippen LogP contribution in [0, 0.1) is 11.3 Å². The van der Waals surface area contributed by atoms with Crippen molar-refractivity contribution in [2.45, 2.75) is 57.9 Å². The Kier molecular flexibility index (Phi) is 4.73. The molecule has 2 aromatic rings. The van der Waals surface area contributed by atoms with E-state index in [1.807, 2.05) is 28.9 Å². The molecule has 0 aliphatic carbocycles. The van der Waals surface area contributed by atoms with Crippen molar-refractivity contribution in [2.24, 2.45) is 0 Å². The van der Waals surface area contributed by atoms with E-state index in [4.69, 9.17) is 0 Å². The van der Waals surface area contributed by atoms with Crippen LogP contribution in [0.5, 0.6) is 0 Å². The molecule has 0 aliphatic heterocycles. The van der Waals surface area contributed by atoms with E-state index in [1.54, 1.807) is 0 Å². The van der Waals surface area contributed by atoms with Gasteiger partial charge in [-0.15, -0.1) is 5.10 Å². The number of benzene rings is 1. The Morgan fingerprint density at radius 2 is 1.80 bits per heavy atom. The van der Waals surface area contributed by atoms with Crippen LogP contribution in [-0.4, -0.2) is 15.0 Å². The van der Waals surface area contributed by atoms with Gasteiger partial charge in [0.05, 0.1) is 11.6 Å². The third kappa shape index (κ3) is 2.67. The third-order valence-electron chi connectivity index (χ3n) is 3.85. The van der Waals surface area contributed by atoms with Crippen molar-refractivity contribution in [1.29, 1.82) is 5.26 Å². The molecule has 0 fully saturated rings. The van der Waals surface area contributed by atoms with Gasteiger partial charge in [0.15, 0.2) is 5.54 Å². The lowest BCUT2D eigenvalue weighted by Crippen LogP contribution is -2.33. The molecule has 2 rings (SSSR count). The second-order valence-corrected chi connectivity index (χ2v) is 5.34. The van der Waals surface area contributed by atoms with Gasteiger partial charge in [-0.2, -0.15) is 5.26 Å². The quantitative estimate of drug-likeness (QED) is 0.763. The van der Waals surface area contributed by atoms with Crippen LogP contribution < -0.4 is 0 Å². The number of aromatic nitrogens is 3. The van der Waals surface area contributed by atoms with Crippen LogP contribution in [0.1, 0.15) is 52.4 Å². The van der Waals surface area contributed by atoms with Crippen LogP contribution in [0.15, 0.2) is 24.3 Å². The lowest BCUT2D eigenvalue weighted by Gasteiger charge is -2.27. The van der Waals surface area contributed by atoms with Crippen LogP contribution in [0.2, 0.25) is 0 Å². The molecule has 1 heterocycles. The van der Waals surface area contributed by atoms with Gasteiger partial charge in [0, 0.05) is 0 Å². The second kappa shape index (κ2) is 6.51. The van der Waals surface area contributed by atoms with E-state index in [-0.39, 0.29) is 0 Å². The molecule has 0 amide bonds. The molecule has 0 saturated heterocycles. The number of hydrogen-bond acceptors (Lipinski definition) is 3. The molecule has 106 valence electrons. The molecule has 0 saturated carbocycles. The first-order chi connectivity index (χ1) is 9.77. The molecule has 1 aromatic carbocycles. The molecule has 0 atom stereocenters. The summed E-state index contributed by atoms with van der Waals surface area (Å²) in [7, 11) is 0. The summed E-state index contributed by atoms with van der Waals surface area (Å²) in [4.78, 5) is 0. The molecule has 0 N–H and O–H groups in total. The minimum atomic E-state index is -0.553. The zero-order chi connectivity index (χ0) is 14.4. The minimum Gasteiger partial charge on any atom is -0.224 e. The molecular formula is C16H22N4. The van der Waals surface area contributed by atoms with Crippen molar-refractivity contribution in [3.8, 4) is 6.07 Å². The average molecular weight is 270 g/mol. The predicted octanol–water partition coefficient (Wildman–Crippen LogP) is 4.03. The Bertz CT molecular complexity index is 586. The van der Waals surface area contributed by atoms with Gasteiger partial charge in [-0.3, -0.25) is 0 Å². The lowest BCUT2D eigenvalue weighted by atomic mass is 9.88. The SMILES string of the molecule is CCCCC(C#N)(CCCC)n1nnc2ccccc21. The van der Waals surface area contributed by atoms with Crippen molar-refractivity contribution in [3.05, 3.63) is 24.3 Å². The lowest BCUT2D eigenvalue weighted by molar-refractivity contribution is 0.285. The van der Waals surface area contributed by atoms with Gasteiger partial charge in [-0.25, -0.2) is 4.68 Å². The maximum absolute atomic E-state index is 9.82. The van der Waals surface area contributed by atoms with Gasteiger partial charge in [0.25, 0.3) is 0 Å². The Hall–Kier alpha value is -1.89. The molecule has 20 heavy (non-hydrogen) atoms. The normalized spacial score (nSPS) is 11.7. The predicted molar refractivity (Wildman–Crippen MR) is 80.2 cm³/mol. The van der Waals surface area contributed by atoms with Crippen molar-refractivity contribution in [2.75, 3.05) is 0 Å². The summed E-state index contributed by atoms with van der Waals surface area (Å²) in [5, 5.41) is 18.3. The van der Waals surface area contributed by atoms with E-state index < -0.39 is 5.54 Å². The first kappa shape index (κ1) is 14.5. The molecule has 4 heteroatoms. The fourth-order valence-corrected chi connectivity index (χ4v) is 2.62. The first-order valence-corrected chi connectivity index (χ1v) is 7.49. The van der Waals surface area contributed by atoms with E-state index in [2.05, 4.69) is 30.2 Å². The van der Waals surface area contributed by atoms with Crippen LogP contribution in [-0.2, 0) is 5.54 Å². The highest BCUT2D eigenvalue weighted by Gasteiger charge is 2.33. The van der Waals surface area contributed by atoms with Gasteiger partial charge in [0.2, 0.25) is 0 Å². The minimum absolute atomic E-state index is 0.553. The largest absolute Gasteiger partial charge is 0.224 e. The number of nitriles is 1.